The predicted octanol–water partition coefficient (Wildman–Crippen LogP) is 3.13. The highest BCUT2D eigenvalue weighted by molar-refractivity contribution is 6.00. The summed E-state index contributed by atoms with van der Waals surface area (Å²) in [5, 5.41) is 13.8. The minimum absolute atomic E-state index is 0.0867. The molecule has 1 amide bonds. The fraction of sp³-hybridized carbons (Fsp3) is 0.611. The van der Waals surface area contributed by atoms with Gasteiger partial charge in [-0.25, -0.2) is 0 Å². The fourth-order valence-corrected chi connectivity index (χ4v) is 3.06. The molecule has 1 saturated carbocycles. The molecule has 0 spiro atoms. The number of carbonyl (C=O) groups is 1. The molecule has 0 aromatic heterocycles. The van der Waals surface area contributed by atoms with Gasteiger partial charge in [0.15, 0.2) is 0 Å². The number of benzene rings is 1. The first-order chi connectivity index (χ1) is 12.0. The maximum atomic E-state index is 12.4. The van der Waals surface area contributed by atoms with Crippen LogP contribution in [-0.2, 0) is 4.74 Å². The topological polar surface area (TPSA) is 84.7 Å². The number of carbonyl (C=O) groups excluding carboxylic acids is 1. The Labute approximate surface area is 148 Å². The van der Waals surface area contributed by atoms with Gasteiger partial charge in [0.25, 0.3) is 11.6 Å². The predicted molar refractivity (Wildman–Crippen MR) is 97.2 cm³/mol. The highest BCUT2D eigenvalue weighted by Gasteiger charge is 2.18. The van der Waals surface area contributed by atoms with Gasteiger partial charge in [-0.1, -0.05) is 19.3 Å². The van der Waals surface area contributed by atoms with Gasteiger partial charge < -0.3 is 15.0 Å². The van der Waals surface area contributed by atoms with E-state index in [-0.39, 0.29) is 11.6 Å². The first-order valence-corrected chi connectivity index (χ1v) is 8.84. The van der Waals surface area contributed by atoms with Gasteiger partial charge >= 0.3 is 0 Å². The maximum Gasteiger partial charge on any atom is 0.270 e. The molecule has 25 heavy (non-hydrogen) atoms. The van der Waals surface area contributed by atoms with Gasteiger partial charge in [0.1, 0.15) is 0 Å². The first kappa shape index (κ1) is 19.2. The molecule has 0 bridgehead atoms. The monoisotopic (exact) mass is 349 g/mol. The van der Waals surface area contributed by atoms with Gasteiger partial charge in [-0.05, 0) is 25.3 Å². The van der Waals surface area contributed by atoms with Crippen molar-refractivity contribution in [3.8, 4) is 0 Å². The van der Waals surface area contributed by atoms with Crippen LogP contribution in [0.1, 0.15) is 48.9 Å². The lowest BCUT2D eigenvalue weighted by molar-refractivity contribution is -0.384. The number of rotatable bonds is 8. The molecule has 1 fully saturated rings. The second-order valence-corrected chi connectivity index (χ2v) is 6.59. The third-order valence-corrected chi connectivity index (χ3v) is 4.43. The van der Waals surface area contributed by atoms with E-state index in [1.54, 1.807) is 25.1 Å². The van der Waals surface area contributed by atoms with Crippen molar-refractivity contribution in [1.82, 2.24) is 5.32 Å². The lowest BCUT2D eigenvalue weighted by Crippen LogP contribution is -2.28. The largest absolute Gasteiger partial charge is 0.378 e. The molecule has 0 saturated heterocycles. The minimum atomic E-state index is -0.492. The summed E-state index contributed by atoms with van der Waals surface area (Å²) in [6.07, 6.45) is 7.13. The number of non-ortho nitro benzene ring substituents is 1. The zero-order valence-electron chi connectivity index (χ0n) is 15.0. The Balaban J connectivity index is 1.84. The molecule has 1 aliphatic rings. The molecule has 1 N–H and O–H groups in total. The van der Waals surface area contributed by atoms with Crippen LogP contribution in [0, 0.1) is 10.1 Å². The molecule has 0 aliphatic heterocycles. The van der Waals surface area contributed by atoms with Crippen LogP contribution in [0.25, 0.3) is 0 Å². The van der Waals surface area contributed by atoms with E-state index in [0.29, 0.717) is 30.5 Å². The Bertz CT molecular complexity index is 598. The molecule has 0 radical (unpaired) electrons. The smallest absolute Gasteiger partial charge is 0.270 e. The van der Waals surface area contributed by atoms with E-state index >= 15 is 0 Å². The molecule has 2 rings (SSSR count). The van der Waals surface area contributed by atoms with Crippen molar-refractivity contribution in [3.63, 3.8) is 0 Å². The van der Waals surface area contributed by atoms with E-state index < -0.39 is 4.92 Å². The number of nitrogens with one attached hydrogen (secondary N) is 1. The number of nitrogens with zero attached hydrogens (tertiary/aromatic N) is 2. The molecule has 1 aliphatic carbocycles. The van der Waals surface area contributed by atoms with Gasteiger partial charge in [-0.2, -0.15) is 0 Å². The van der Waals surface area contributed by atoms with Crippen molar-refractivity contribution in [2.75, 3.05) is 32.1 Å². The molecule has 0 atom stereocenters. The fourth-order valence-electron chi connectivity index (χ4n) is 3.06. The SMILES string of the molecule is CN(C)c1ccc([N+](=O)[O-])cc1C(=O)NCCCOC1CCCCC1. The Kier molecular flexibility index (Phi) is 7.18. The van der Waals surface area contributed by atoms with Crippen LogP contribution in [0.3, 0.4) is 0 Å². The highest BCUT2D eigenvalue weighted by atomic mass is 16.6. The molecule has 7 nitrogen and oxygen atoms in total. The van der Waals surface area contributed by atoms with E-state index in [0.717, 1.165) is 19.3 Å². The number of nitro groups is 1. The standard InChI is InChI=1S/C18H27N3O4/c1-20(2)17-10-9-14(21(23)24)13-16(17)18(22)19-11-6-12-25-15-7-4-3-5-8-15/h9-10,13,15H,3-8,11-12H2,1-2H3,(H,19,22). The van der Waals surface area contributed by atoms with Crippen molar-refractivity contribution in [1.29, 1.82) is 0 Å². The molecule has 1 aromatic rings. The van der Waals surface area contributed by atoms with Crippen molar-refractivity contribution in [2.24, 2.45) is 0 Å². The van der Waals surface area contributed by atoms with E-state index in [9.17, 15) is 14.9 Å². The third kappa shape index (κ3) is 5.70. The lowest BCUT2D eigenvalue weighted by atomic mass is 9.98. The number of hydrogen-bond acceptors (Lipinski definition) is 5. The summed E-state index contributed by atoms with van der Waals surface area (Å²) in [6, 6.07) is 4.33. The van der Waals surface area contributed by atoms with Crippen molar-refractivity contribution in [2.45, 2.75) is 44.6 Å². The summed E-state index contributed by atoms with van der Waals surface area (Å²) in [5.41, 5.74) is 0.880. The average molecular weight is 349 g/mol. The van der Waals surface area contributed by atoms with Crippen LogP contribution in [-0.4, -0.2) is 44.2 Å². The van der Waals surface area contributed by atoms with E-state index in [2.05, 4.69) is 5.32 Å². The van der Waals surface area contributed by atoms with Gasteiger partial charge in [0.2, 0.25) is 0 Å². The van der Waals surface area contributed by atoms with Crippen molar-refractivity contribution >= 4 is 17.3 Å². The van der Waals surface area contributed by atoms with Crippen LogP contribution in [0.5, 0.6) is 0 Å². The molecule has 1 aromatic carbocycles. The average Bonchev–Trinajstić information content (AvgIpc) is 2.61. The van der Waals surface area contributed by atoms with Crippen LogP contribution < -0.4 is 10.2 Å². The van der Waals surface area contributed by atoms with E-state index in [4.69, 9.17) is 4.74 Å². The Hall–Kier alpha value is -2.15. The van der Waals surface area contributed by atoms with Crippen LogP contribution in [0.15, 0.2) is 18.2 Å². The summed E-state index contributed by atoms with van der Waals surface area (Å²) >= 11 is 0. The second-order valence-electron chi connectivity index (χ2n) is 6.59. The van der Waals surface area contributed by atoms with Crippen molar-refractivity contribution < 1.29 is 14.5 Å². The van der Waals surface area contributed by atoms with Gasteiger partial charge in [0.05, 0.1) is 16.6 Å². The maximum absolute atomic E-state index is 12.4. The molecular formula is C18H27N3O4. The number of anilines is 1. The van der Waals surface area contributed by atoms with Crippen LogP contribution in [0.2, 0.25) is 0 Å². The van der Waals surface area contributed by atoms with Crippen molar-refractivity contribution in [3.05, 3.63) is 33.9 Å². The van der Waals surface area contributed by atoms with Gasteiger partial charge in [-0.15, -0.1) is 0 Å². The summed E-state index contributed by atoms with van der Waals surface area (Å²) in [5.74, 6) is -0.301. The zero-order chi connectivity index (χ0) is 18.2. The molecule has 0 unspecified atom stereocenters. The third-order valence-electron chi connectivity index (χ3n) is 4.43. The lowest BCUT2D eigenvalue weighted by Gasteiger charge is -2.22. The summed E-state index contributed by atoms with van der Waals surface area (Å²) in [7, 11) is 3.60. The molecule has 0 heterocycles. The number of nitro benzene ring substituents is 1. The normalized spacial score (nSPS) is 15.0. The van der Waals surface area contributed by atoms with E-state index in [1.807, 2.05) is 0 Å². The summed E-state index contributed by atoms with van der Waals surface area (Å²) in [6.45, 7) is 1.11. The number of ether oxygens (including phenoxy) is 1. The first-order valence-electron chi connectivity index (χ1n) is 8.84. The summed E-state index contributed by atoms with van der Waals surface area (Å²) in [4.78, 5) is 24.6. The summed E-state index contributed by atoms with van der Waals surface area (Å²) < 4.78 is 5.83. The quantitative estimate of drug-likeness (QED) is 0.443. The minimum Gasteiger partial charge on any atom is -0.378 e. The Morgan fingerprint density at radius 3 is 2.68 bits per heavy atom. The van der Waals surface area contributed by atoms with Gasteiger partial charge in [0, 0.05) is 45.1 Å². The van der Waals surface area contributed by atoms with Gasteiger partial charge in [-0.3, -0.25) is 14.9 Å². The number of hydrogen-bond donors (Lipinski definition) is 1. The Morgan fingerprint density at radius 1 is 1.32 bits per heavy atom. The van der Waals surface area contributed by atoms with Crippen LogP contribution in [0.4, 0.5) is 11.4 Å². The molecule has 138 valence electrons. The highest BCUT2D eigenvalue weighted by Crippen LogP contribution is 2.24. The second kappa shape index (κ2) is 9.36. The molecule has 7 heteroatoms. The van der Waals surface area contributed by atoms with E-state index in [1.165, 1.54) is 31.4 Å². The zero-order valence-corrected chi connectivity index (χ0v) is 15.0. The number of amides is 1. The molecular weight excluding hydrogens is 322 g/mol. The van der Waals surface area contributed by atoms with Crippen LogP contribution >= 0.6 is 0 Å². The Morgan fingerprint density at radius 2 is 2.04 bits per heavy atom.